The molecule has 0 spiro atoms. The van der Waals surface area contributed by atoms with Crippen molar-refractivity contribution in [2.24, 2.45) is 5.92 Å². The minimum absolute atomic E-state index is 0.279. The molecule has 0 radical (unpaired) electrons. The lowest BCUT2D eigenvalue weighted by molar-refractivity contribution is -0.105. The SMILES string of the molecule is CC(C)C(C=O)=Cc1ccc2c(c1)CCCN2C. The standard InChI is InChI=1S/C16H21NO/c1-12(2)15(11-18)10-13-6-7-16-14(9-13)5-4-8-17(16)3/h6-7,9-12H,4-5,8H2,1-3H3. The molecule has 1 aliphatic rings. The van der Waals surface area contributed by atoms with E-state index in [-0.39, 0.29) is 5.92 Å². The fourth-order valence-corrected chi connectivity index (χ4v) is 2.42. The van der Waals surface area contributed by atoms with Crippen LogP contribution in [0.4, 0.5) is 5.69 Å². The van der Waals surface area contributed by atoms with Crippen molar-refractivity contribution < 1.29 is 4.79 Å². The Kier molecular flexibility index (Phi) is 3.85. The van der Waals surface area contributed by atoms with E-state index in [0.717, 1.165) is 30.4 Å². The van der Waals surface area contributed by atoms with Crippen molar-refractivity contribution in [3.8, 4) is 0 Å². The minimum Gasteiger partial charge on any atom is -0.374 e. The maximum atomic E-state index is 11.0. The minimum atomic E-state index is 0.279. The highest BCUT2D eigenvalue weighted by atomic mass is 16.1. The summed E-state index contributed by atoms with van der Waals surface area (Å²) in [5.41, 5.74) is 4.72. The fourth-order valence-electron chi connectivity index (χ4n) is 2.42. The van der Waals surface area contributed by atoms with Gasteiger partial charge < -0.3 is 4.90 Å². The Morgan fingerprint density at radius 2 is 2.17 bits per heavy atom. The Morgan fingerprint density at radius 1 is 1.39 bits per heavy atom. The van der Waals surface area contributed by atoms with Crippen LogP contribution in [0.15, 0.2) is 23.8 Å². The number of rotatable bonds is 3. The van der Waals surface area contributed by atoms with E-state index in [2.05, 4.69) is 30.1 Å². The first-order chi connectivity index (χ1) is 8.61. The van der Waals surface area contributed by atoms with Crippen LogP contribution in [-0.2, 0) is 11.2 Å². The van der Waals surface area contributed by atoms with Gasteiger partial charge in [0.1, 0.15) is 6.29 Å². The lowest BCUT2D eigenvalue weighted by Crippen LogP contribution is -2.24. The number of carbonyl (C=O) groups excluding carboxylic acids is 1. The van der Waals surface area contributed by atoms with Gasteiger partial charge in [-0.25, -0.2) is 0 Å². The van der Waals surface area contributed by atoms with Crippen LogP contribution < -0.4 is 4.90 Å². The normalized spacial score (nSPS) is 15.8. The van der Waals surface area contributed by atoms with Crippen LogP contribution in [0.25, 0.3) is 6.08 Å². The summed E-state index contributed by atoms with van der Waals surface area (Å²) in [6, 6.07) is 6.49. The average Bonchev–Trinajstić information content (AvgIpc) is 2.35. The summed E-state index contributed by atoms with van der Waals surface area (Å²) in [7, 11) is 2.14. The molecular formula is C16H21NO. The highest BCUT2D eigenvalue weighted by Crippen LogP contribution is 2.27. The zero-order valence-corrected chi connectivity index (χ0v) is 11.4. The molecule has 0 fully saturated rings. The Bertz CT molecular complexity index is 474. The van der Waals surface area contributed by atoms with Gasteiger partial charge in [0.15, 0.2) is 0 Å². The van der Waals surface area contributed by atoms with Crippen LogP contribution >= 0.6 is 0 Å². The molecule has 0 amide bonds. The molecule has 96 valence electrons. The van der Waals surface area contributed by atoms with Gasteiger partial charge >= 0.3 is 0 Å². The number of hydrogen-bond donors (Lipinski definition) is 0. The Balaban J connectivity index is 2.34. The van der Waals surface area contributed by atoms with Gasteiger partial charge in [0.25, 0.3) is 0 Å². The third kappa shape index (κ3) is 2.63. The topological polar surface area (TPSA) is 20.3 Å². The number of benzene rings is 1. The lowest BCUT2D eigenvalue weighted by Gasteiger charge is -2.27. The van der Waals surface area contributed by atoms with Gasteiger partial charge in [0.2, 0.25) is 0 Å². The Hall–Kier alpha value is -1.57. The number of aryl methyl sites for hydroxylation is 1. The summed E-state index contributed by atoms with van der Waals surface area (Å²) < 4.78 is 0. The highest BCUT2D eigenvalue weighted by molar-refractivity contribution is 5.82. The molecule has 1 aromatic carbocycles. The molecule has 2 nitrogen and oxygen atoms in total. The number of carbonyl (C=O) groups is 1. The molecule has 0 N–H and O–H groups in total. The quantitative estimate of drug-likeness (QED) is 0.599. The number of hydrogen-bond acceptors (Lipinski definition) is 2. The molecule has 0 saturated carbocycles. The van der Waals surface area contributed by atoms with Gasteiger partial charge in [0.05, 0.1) is 0 Å². The largest absolute Gasteiger partial charge is 0.374 e. The Labute approximate surface area is 109 Å². The van der Waals surface area contributed by atoms with Crippen LogP contribution in [0, 0.1) is 5.92 Å². The first-order valence-electron chi connectivity index (χ1n) is 6.62. The second-order valence-electron chi connectivity index (χ2n) is 5.33. The third-order valence-corrected chi connectivity index (χ3v) is 3.59. The average molecular weight is 243 g/mol. The van der Waals surface area contributed by atoms with E-state index in [0.29, 0.717) is 0 Å². The van der Waals surface area contributed by atoms with Crippen LogP contribution in [-0.4, -0.2) is 19.9 Å². The molecule has 2 rings (SSSR count). The smallest absolute Gasteiger partial charge is 0.146 e. The first-order valence-corrected chi connectivity index (χ1v) is 6.62. The zero-order chi connectivity index (χ0) is 13.1. The van der Waals surface area contributed by atoms with Crippen molar-refractivity contribution >= 4 is 18.0 Å². The van der Waals surface area contributed by atoms with Crippen molar-refractivity contribution in [1.29, 1.82) is 0 Å². The molecule has 2 heteroatoms. The molecular weight excluding hydrogens is 222 g/mol. The second kappa shape index (κ2) is 5.38. The van der Waals surface area contributed by atoms with E-state index in [9.17, 15) is 4.79 Å². The van der Waals surface area contributed by atoms with Gasteiger partial charge in [-0.2, -0.15) is 0 Å². The van der Waals surface area contributed by atoms with Gasteiger partial charge in [-0.3, -0.25) is 4.79 Å². The molecule has 0 aliphatic carbocycles. The summed E-state index contributed by atoms with van der Waals surface area (Å²) in [5, 5.41) is 0. The van der Waals surface area contributed by atoms with Crippen LogP contribution in [0.1, 0.15) is 31.4 Å². The van der Waals surface area contributed by atoms with Gasteiger partial charge in [0, 0.05) is 19.3 Å². The number of aldehydes is 1. The summed E-state index contributed by atoms with van der Waals surface area (Å²) in [4.78, 5) is 13.3. The molecule has 1 heterocycles. The van der Waals surface area contributed by atoms with E-state index in [1.165, 1.54) is 17.7 Å². The number of allylic oxidation sites excluding steroid dienone is 1. The maximum absolute atomic E-state index is 11.0. The fraction of sp³-hybridized carbons (Fsp3) is 0.438. The lowest BCUT2D eigenvalue weighted by atomic mass is 9.97. The summed E-state index contributed by atoms with van der Waals surface area (Å²) in [6.45, 7) is 5.23. The summed E-state index contributed by atoms with van der Waals surface area (Å²) in [6.07, 6.45) is 5.32. The molecule has 0 aromatic heterocycles. The summed E-state index contributed by atoms with van der Waals surface area (Å²) >= 11 is 0. The van der Waals surface area contributed by atoms with Gasteiger partial charge in [-0.1, -0.05) is 19.9 Å². The van der Waals surface area contributed by atoms with Crippen molar-refractivity contribution in [2.75, 3.05) is 18.5 Å². The van der Waals surface area contributed by atoms with E-state index in [1.54, 1.807) is 0 Å². The van der Waals surface area contributed by atoms with Crippen LogP contribution in [0.5, 0.6) is 0 Å². The van der Waals surface area contributed by atoms with E-state index in [1.807, 2.05) is 19.9 Å². The van der Waals surface area contributed by atoms with Crippen molar-refractivity contribution in [3.63, 3.8) is 0 Å². The molecule has 0 bridgehead atoms. The summed E-state index contributed by atoms with van der Waals surface area (Å²) in [5.74, 6) is 0.279. The van der Waals surface area contributed by atoms with E-state index < -0.39 is 0 Å². The number of nitrogens with zero attached hydrogens (tertiary/aromatic N) is 1. The molecule has 0 unspecified atom stereocenters. The van der Waals surface area contributed by atoms with Crippen molar-refractivity contribution in [2.45, 2.75) is 26.7 Å². The number of anilines is 1. The predicted molar refractivity (Wildman–Crippen MR) is 76.9 cm³/mol. The third-order valence-electron chi connectivity index (χ3n) is 3.59. The number of fused-ring (bicyclic) bond motifs is 1. The van der Waals surface area contributed by atoms with Gasteiger partial charge in [-0.15, -0.1) is 0 Å². The van der Waals surface area contributed by atoms with Crippen LogP contribution in [0.2, 0.25) is 0 Å². The molecule has 0 atom stereocenters. The maximum Gasteiger partial charge on any atom is 0.146 e. The van der Waals surface area contributed by atoms with Crippen molar-refractivity contribution in [1.82, 2.24) is 0 Å². The molecule has 1 aromatic rings. The highest BCUT2D eigenvalue weighted by Gasteiger charge is 2.13. The molecule has 18 heavy (non-hydrogen) atoms. The van der Waals surface area contributed by atoms with Gasteiger partial charge in [-0.05, 0) is 53.7 Å². The molecule has 1 aliphatic heterocycles. The second-order valence-corrected chi connectivity index (χ2v) is 5.33. The predicted octanol–water partition coefficient (Wildman–Crippen LogP) is 3.31. The van der Waals surface area contributed by atoms with Crippen molar-refractivity contribution in [3.05, 3.63) is 34.9 Å². The van der Waals surface area contributed by atoms with Crippen LogP contribution in [0.3, 0.4) is 0 Å². The zero-order valence-electron chi connectivity index (χ0n) is 11.4. The molecule has 0 saturated heterocycles. The van der Waals surface area contributed by atoms with E-state index in [4.69, 9.17) is 0 Å². The first kappa shape index (κ1) is 12.9. The Morgan fingerprint density at radius 3 is 2.83 bits per heavy atom. The van der Waals surface area contributed by atoms with E-state index >= 15 is 0 Å². The monoisotopic (exact) mass is 243 g/mol.